The van der Waals surface area contributed by atoms with Gasteiger partial charge in [-0.05, 0) is 43.7 Å². The maximum Gasteiger partial charge on any atom is 0.276 e. The Bertz CT molecular complexity index is 710. The van der Waals surface area contributed by atoms with E-state index in [2.05, 4.69) is 26.3 Å². The molecule has 0 radical (unpaired) electrons. The van der Waals surface area contributed by atoms with Gasteiger partial charge in [-0.15, -0.1) is 0 Å². The van der Waals surface area contributed by atoms with Crippen LogP contribution in [-0.2, 0) is 6.54 Å². The lowest BCUT2D eigenvalue weighted by Crippen LogP contribution is -2.25. The van der Waals surface area contributed by atoms with Gasteiger partial charge in [0.05, 0.1) is 0 Å². The molecule has 1 aromatic carbocycles. The normalized spacial score (nSPS) is 10.3. The van der Waals surface area contributed by atoms with Gasteiger partial charge < -0.3 is 5.32 Å². The molecule has 104 valence electrons. The van der Waals surface area contributed by atoms with Crippen LogP contribution in [0.15, 0.2) is 39.6 Å². The average molecular weight is 336 g/mol. The number of rotatable bonds is 3. The molecule has 0 unspecified atom stereocenters. The minimum absolute atomic E-state index is 0.216. The number of nitrogens with zero attached hydrogens (tertiary/aromatic N) is 2. The van der Waals surface area contributed by atoms with Gasteiger partial charge in [-0.3, -0.25) is 9.59 Å². The van der Waals surface area contributed by atoms with Crippen LogP contribution in [0.3, 0.4) is 0 Å². The molecule has 2 aromatic rings. The molecule has 0 spiro atoms. The van der Waals surface area contributed by atoms with E-state index in [1.165, 1.54) is 16.8 Å². The molecule has 0 aliphatic heterocycles. The van der Waals surface area contributed by atoms with Gasteiger partial charge in [-0.25, -0.2) is 4.68 Å². The molecule has 2 rings (SSSR count). The summed E-state index contributed by atoms with van der Waals surface area (Å²) >= 11 is 3.37. The van der Waals surface area contributed by atoms with Crippen LogP contribution in [-0.4, -0.2) is 15.7 Å². The first-order valence-corrected chi connectivity index (χ1v) is 6.96. The number of nitrogens with one attached hydrogen (secondary N) is 1. The number of carbonyl (C=O) groups excluding carboxylic acids is 1. The topological polar surface area (TPSA) is 64.0 Å². The number of hydrogen-bond donors (Lipinski definition) is 1. The second kappa shape index (κ2) is 6.00. The van der Waals surface area contributed by atoms with E-state index < -0.39 is 0 Å². The summed E-state index contributed by atoms with van der Waals surface area (Å²) in [7, 11) is 0. The third-order valence-electron chi connectivity index (χ3n) is 2.84. The predicted octanol–water partition coefficient (Wildman–Crippen LogP) is 2.59. The third-order valence-corrected chi connectivity index (χ3v) is 3.33. The minimum atomic E-state index is -0.336. The fourth-order valence-electron chi connectivity index (χ4n) is 1.75. The van der Waals surface area contributed by atoms with Gasteiger partial charge in [0, 0.05) is 22.8 Å². The molecule has 0 aliphatic carbocycles. The molecule has 0 atom stereocenters. The Kier molecular flexibility index (Phi) is 4.34. The van der Waals surface area contributed by atoms with E-state index in [9.17, 15) is 9.59 Å². The van der Waals surface area contributed by atoms with Crippen LogP contribution in [0.4, 0.5) is 5.69 Å². The molecule has 0 saturated carbocycles. The molecule has 0 saturated heterocycles. The zero-order valence-corrected chi connectivity index (χ0v) is 12.8. The molecular weight excluding hydrogens is 322 g/mol. The lowest BCUT2D eigenvalue weighted by molar-refractivity contribution is 0.102. The summed E-state index contributed by atoms with van der Waals surface area (Å²) in [5.41, 5.74) is 1.66. The first-order valence-electron chi connectivity index (χ1n) is 6.17. The summed E-state index contributed by atoms with van der Waals surface area (Å²) < 4.78 is 2.20. The molecular formula is C14H14BrN3O2. The van der Waals surface area contributed by atoms with Gasteiger partial charge in [0.25, 0.3) is 11.5 Å². The van der Waals surface area contributed by atoms with Crippen LogP contribution in [0.25, 0.3) is 0 Å². The minimum Gasteiger partial charge on any atom is -0.320 e. The van der Waals surface area contributed by atoms with Crippen LogP contribution >= 0.6 is 15.9 Å². The Morgan fingerprint density at radius 2 is 2.10 bits per heavy atom. The van der Waals surface area contributed by atoms with E-state index in [1.807, 2.05) is 25.1 Å². The molecule has 1 N–H and O–H groups in total. The van der Waals surface area contributed by atoms with Crippen LogP contribution in [0.2, 0.25) is 0 Å². The Balaban J connectivity index is 2.26. The number of aryl methyl sites for hydroxylation is 2. The van der Waals surface area contributed by atoms with Gasteiger partial charge in [-0.2, -0.15) is 5.10 Å². The molecule has 0 fully saturated rings. The van der Waals surface area contributed by atoms with Crippen molar-refractivity contribution in [2.24, 2.45) is 0 Å². The van der Waals surface area contributed by atoms with E-state index in [-0.39, 0.29) is 17.2 Å². The number of benzene rings is 1. The Morgan fingerprint density at radius 1 is 1.35 bits per heavy atom. The highest BCUT2D eigenvalue weighted by molar-refractivity contribution is 9.10. The Morgan fingerprint density at radius 3 is 2.75 bits per heavy atom. The van der Waals surface area contributed by atoms with Crippen molar-refractivity contribution in [2.45, 2.75) is 20.4 Å². The number of anilines is 1. The number of amides is 1. The fraction of sp³-hybridized carbons (Fsp3) is 0.214. The maximum absolute atomic E-state index is 12.1. The van der Waals surface area contributed by atoms with Gasteiger partial charge in [-0.1, -0.05) is 15.9 Å². The van der Waals surface area contributed by atoms with Gasteiger partial charge in [0.2, 0.25) is 0 Å². The summed E-state index contributed by atoms with van der Waals surface area (Å²) in [5, 5.41) is 6.80. The maximum atomic E-state index is 12.1. The van der Waals surface area contributed by atoms with Crippen molar-refractivity contribution >= 4 is 27.5 Å². The van der Waals surface area contributed by atoms with Crippen molar-refractivity contribution in [1.82, 2.24) is 9.78 Å². The SMILES string of the molecule is CCn1nc(C(=O)Nc2ccc(Br)cc2C)ccc1=O. The van der Waals surface area contributed by atoms with Crippen LogP contribution in [0.1, 0.15) is 23.0 Å². The van der Waals surface area contributed by atoms with Crippen LogP contribution < -0.4 is 10.9 Å². The molecule has 1 amide bonds. The monoisotopic (exact) mass is 335 g/mol. The highest BCUT2D eigenvalue weighted by Crippen LogP contribution is 2.20. The smallest absolute Gasteiger partial charge is 0.276 e. The van der Waals surface area contributed by atoms with E-state index >= 15 is 0 Å². The lowest BCUT2D eigenvalue weighted by Gasteiger charge is -2.09. The summed E-state index contributed by atoms with van der Waals surface area (Å²) in [6.45, 7) is 4.13. The first kappa shape index (κ1) is 14.5. The molecule has 20 heavy (non-hydrogen) atoms. The number of hydrogen-bond acceptors (Lipinski definition) is 3. The van der Waals surface area contributed by atoms with Crippen molar-refractivity contribution in [3.05, 3.63) is 56.4 Å². The number of carbonyl (C=O) groups is 1. The second-order valence-electron chi connectivity index (χ2n) is 4.29. The van der Waals surface area contributed by atoms with E-state index in [0.717, 1.165) is 10.0 Å². The van der Waals surface area contributed by atoms with Gasteiger partial charge in [0.15, 0.2) is 0 Å². The lowest BCUT2D eigenvalue weighted by atomic mass is 10.2. The molecule has 6 heteroatoms. The Labute approximate surface area is 124 Å². The van der Waals surface area contributed by atoms with Gasteiger partial charge >= 0.3 is 0 Å². The molecule has 1 aromatic heterocycles. The Hall–Kier alpha value is -1.95. The van der Waals surface area contributed by atoms with Crippen molar-refractivity contribution in [3.63, 3.8) is 0 Å². The average Bonchev–Trinajstić information content (AvgIpc) is 2.42. The molecule has 5 nitrogen and oxygen atoms in total. The van der Waals surface area contributed by atoms with Crippen LogP contribution in [0.5, 0.6) is 0 Å². The van der Waals surface area contributed by atoms with Gasteiger partial charge in [0.1, 0.15) is 5.69 Å². The largest absolute Gasteiger partial charge is 0.320 e. The highest BCUT2D eigenvalue weighted by atomic mass is 79.9. The molecule has 1 heterocycles. The summed E-state index contributed by atoms with van der Waals surface area (Å²) in [4.78, 5) is 23.6. The van der Waals surface area contributed by atoms with Crippen molar-refractivity contribution in [1.29, 1.82) is 0 Å². The second-order valence-corrected chi connectivity index (χ2v) is 5.20. The zero-order chi connectivity index (χ0) is 14.7. The van der Waals surface area contributed by atoms with Crippen molar-refractivity contribution in [2.75, 3.05) is 5.32 Å². The summed E-state index contributed by atoms with van der Waals surface area (Å²) in [6, 6.07) is 8.35. The molecule has 0 bridgehead atoms. The number of halogens is 1. The predicted molar refractivity (Wildman–Crippen MR) is 81.0 cm³/mol. The number of aromatic nitrogens is 2. The quantitative estimate of drug-likeness (QED) is 0.937. The van der Waals surface area contributed by atoms with E-state index in [4.69, 9.17) is 0 Å². The van der Waals surface area contributed by atoms with E-state index in [1.54, 1.807) is 6.92 Å². The zero-order valence-electron chi connectivity index (χ0n) is 11.2. The summed E-state index contributed by atoms with van der Waals surface area (Å²) in [5.74, 6) is -0.336. The van der Waals surface area contributed by atoms with Crippen molar-refractivity contribution < 1.29 is 4.79 Å². The van der Waals surface area contributed by atoms with Crippen molar-refractivity contribution in [3.8, 4) is 0 Å². The van der Waals surface area contributed by atoms with Crippen LogP contribution in [0, 0.1) is 6.92 Å². The van der Waals surface area contributed by atoms with E-state index in [0.29, 0.717) is 12.2 Å². The summed E-state index contributed by atoms with van der Waals surface area (Å²) in [6.07, 6.45) is 0. The third kappa shape index (κ3) is 3.14. The molecule has 0 aliphatic rings. The fourth-order valence-corrected chi connectivity index (χ4v) is 2.23. The highest BCUT2D eigenvalue weighted by Gasteiger charge is 2.10. The first-order chi connectivity index (χ1) is 9.51. The standard InChI is InChI=1S/C14H14BrN3O2/c1-3-18-13(19)7-6-12(17-18)14(20)16-11-5-4-10(15)8-9(11)2/h4-8H,3H2,1-2H3,(H,16,20).